The van der Waals surface area contributed by atoms with Gasteiger partial charge in [-0.15, -0.1) is 0 Å². The molecule has 0 aliphatic heterocycles. The first-order valence-corrected chi connectivity index (χ1v) is 6.97. The average molecular weight is 286 g/mol. The van der Waals surface area contributed by atoms with Crippen LogP contribution in [0.4, 0.5) is 0 Å². The highest BCUT2D eigenvalue weighted by atomic mass is 16.2. The number of amides is 2. The van der Waals surface area contributed by atoms with Crippen molar-refractivity contribution in [1.82, 2.24) is 10.6 Å². The van der Waals surface area contributed by atoms with Gasteiger partial charge in [0.15, 0.2) is 0 Å². The van der Waals surface area contributed by atoms with Crippen molar-refractivity contribution in [2.45, 2.75) is 12.8 Å². The standard InChI is InChI=1S/C16H18N2O3/c19-11-3-5-12-4-1-2-6-14(12)16(21)18-10-9-17-15(20)13-7-8-13/h1-2,4,6,13,19H,7-11H2,(H,17,20)(H,18,21). The minimum Gasteiger partial charge on any atom is -0.384 e. The zero-order valence-electron chi connectivity index (χ0n) is 11.7. The number of carbonyl (C=O) groups excluding carboxylic acids is 2. The molecule has 0 saturated heterocycles. The molecule has 1 fully saturated rings. The van der Waals surface area contributed by atoms with Gasteiger partial charge < -0.3 is 15.7 Å². The normalized spacial score (nSPS) is 13.0. The molecule has 110 valence electrons. The van der Waals surface area contributed by atoms with Gasteiger partial charge >= 0.3 is 0 Å². The van der Waals surface area contributed by atoms with Crippen molar-refractivity contribution in [1.29, 1.82) is 0 Å². The van der Waals surface area contributed by atoms with E-state index in [0.717, 1.165) is 12.8 Å². The Kier molecular flexibility index (Phi) is 5.35. The minimum absolute atomic E-state index is 0.0680. The van der Waals surface area contributed by atoms with Crippen molar-refractivity contribution in [2.24, 2.45) is 5.92 Å². The van der Waals surface area contributed by atoms with Crippen LogP contribution in [0.3, 0.4) is 0 Å². The molecule has 1 aliphatic carbocycles. The van der Waals surface area contributed by atoms with Crippen LogP contribution in [0, 0.1) is 17.8 Å². The fourth-order valence-electron chi connectivity index (χ4n) is 1.87. The summed E-state index contributed by atoms with van der Waals surface area (Å²) in [5, 5.41) is 14.3. The van der Waals surface area contributed by atoms with E-state index in [-0.39, 0.29) is 24.3 Å². The summed E-state index contributed by atoms with van der Waals surface area (Å²) < 4.78 is 0. The van der Waals surface area contributed by atoms with Crippen LogP contribution in [0.2, 0.25) is 0 Å². The van der Waals surface area contributed by atoms with E-state index in [1.807, 2.05) is 0 Å². The quantitative estimate of drug-likeness (QED) is 0.537. The van der Waals surface area contributed by atoms with Crippen molar-refractivity contribution in [2.75, 3.05) is 19.7 Å². The first kappa shape index (κ1) is 15.1. The molecule has 1 aromatic carbocycles. The molecule has 1 aliphatic rings. The molecule has 1 saturated carbocycles. The number of nitrogens with one attached hydrogen (secondary N) is 2. The van der Waals surface area contributed by atoms with Crippen LogP contribution in [0.1, 0.15) is 28.8 Å². The predicted molar refractivity (Wildman–Crippen MR) is 78.5 cm³/mol. The number of hydrogen-bond donors (Lipinski definition) is 3. The van der Waals surface area contributed by atoms with Crippen molar-refractivity contribution in [3.8, 4) is 11.8 Å². The monoisotopic (exact) mass is 286 g/mol. The van der Waals surface area contributed by atoms with Gasteiger partial charge in [0, 0.05) is 24.6 Å². The first-order valence-electron chi connectivity index (χ1n) is 6.97. The molecule has 0 unspecified atom stereocenters. The van der Waals surface area contributed by atoms with E-state index < -0.39 is 0 Å². The SMILES string of the molecule is O=C(NCCNC(=O)C1CC1)c1ccccc1C#CCO. The second-order valence-corrected chi connectivity index (χ2v) is 4.83. The molecule has 2 rings (SSSR count). The van der Waals surface area contributed by atoms with Crippen LogP contribution in [0.5, 0.6) is 0 Å². The molecular weight excluding hydrogens is 268 g/mol. The summed E-state index contributed by atoms with van der Waals surface area (Å²) in [4.78, 5) is 23.5. The first-order chi connectivity index (χ1) is 10.2. The lowest BCUT2D eigenvalue weighted by atomic mass is 10.1. The number of aliphatic hydroxyl groups excluding tert-OH is 1. The molecule has 21 heavy (non-hydrogen) atoms. The van der Waals surface area contributed by atoms with Crippen LogP contribution in [-0.4, -0.2) is 36.6 Å². The van der Waals surface area contributed by atoms with Gasteiger partial charge in [0.2, 0.25) is 5.91 Å². The Bertz CT molecular complexity index is 583. The summed E-state index contributed by atoms with van der Waals surface area (Å²) in [6, 6.07) is 6.95. The Morgan fingerprint density at radius 3 is 2.62 bits per heavy atom. The van der Waals surface area contributed by atoms with Gasteiger partial charge in [0.05, 0.1) is 5.56 Å². The van der Waals surface area contributed by atoms with Gasteiger partial charge in [0.1, 0.15) is 6.61 Å². The maximum Gasteiger partial charge on any atom is 0.252 e. The molecule has 5 nitrogen and oxygen atoms in total. The van der Waals surface area contributed by atoms with Crippen LogP contribution in [0.25, 0.3) is 0 Å². The van der Waals surface area contributed by atoms with E-state index in [1.54, 1.807) is 24.3 Å². The van der Waals surface area contributed by atoms with E-state index in [1.165, 1.54) is 0 Å². The van der Waals surface area contributed by atoms with Crippen LogP contribution < -0.4 is 10.6 Å². The van der Waals surface area contributed by atoms with E-state index in [2.05, 4.69) is 22.5 Å². The number of carbonyl (C=O) groups is 2. The lowest BCUT2D eigenvalue weighted by Crippen LogP contribution is -2.35. The van der Waals surface area contributed by atoms with Gasteiger partial charge in [-0.05, 0) is 25.0 Å². The predicted octanol–water partition coefficient (Wildman–Crippen LogP) is 0.286. The minimum atomic E-state index is -0.247. The van der Waals surface area contributed by atoms with Crippen LogP contribution in [-0.2, 0) is 4.79 Å². The third-order valence-electron chi connectivity index (χ3n) is 3.13. The van der Waals surface area contributed by atoms with Gasteiger partial charge in [-0.3, -0.25) is 9.59 Å². The van der Waals surface area contributed by atoms with Gasteiger partial charge in [0.25, 0.3) is 5.91 Å². The van der Waals surface area contributed by atoms with Crippen molar-refractivity contribution < 1.29 is 14.7 Å². The lowest BCUT2D eigenvalue weighted by molar-refractivity contribution is -0.122. The van der Waals surface area contributed by atoms with E-state index in [4.69, 9.17) is 5.11 Å². The maximum absolute atomic E-state index is 12.1. The molecule has 0 spiro atoms. The summed E-state index contributed by atoms with van der Waals surface area (Å²) >= 11 is 0. The topological polar surface area (TPSA) is 78.4 Å². The van der Waals surface area contributed by atoms with Gasteiger partial charge in [-0.1, -0.05) is 24.0 Å². The summed E-state index contributed by atoms with van der Waals surface area (Å²) in [5.41, 5.74) is 1.04. The summed E-state index contributed by atoms with van der Waals surface area (Å²) in [6.45, 7) is 0.549. The maximum atomic E-state index is 12.1. The Morgan fingerprint density at radius 2 is 1.90 bits per heavy atom. The van der Waals surface area contributed by atoms with Crippen molar-refractivity contribution in [3.05, 3.63) is 35.4 Å². The Hall–Kier alpha value is -2.32. The largest absolute Gasteiger partial charge is 0.384 e. The van der Waals surface area contributed by atoms with Gasteiger partial charge in [-0.25, -0.2) is 0 Å². The molecule has 0 radical (unpaired) electrons. The second kappa shape index (κ2) is 7.46. The Balaban J connectivity index is 1.83. The van der Waals surface area contributed by atoms with Gasteiger partial charge in [-0.2, -0.15) is 0 Å². The van der Waals surface area contributed by atoms with Crippen molar-refractivity contribution >= 4 is 11.8 Å². The average Bonchev–Trinajstić information content (AvgIpc) is 3.34. The number of hydrogen-bond acceptors (Lipinski definition) is 3. The Labute approximate surface area is 123 Å². The molecule has 0 heterocycles. The number of rotatable bonds is 5. The zero-order chi connectivity index (χ0) is 15.1. The molecule has 1 aromatic rings. The van der Waals surface area contributed by atoms with Crippen LogP contribution >= 0.6 is 0 Å². The Morgan fingerprint density at radius 1 is 1.19 bits per heavy atom. The fraction of sp³-hybridized carbons (Fsp3) is 0.375. The zero-order valence-corrected chi connectivity index (χ0v) is 11.7. The number of aliphatic hydroxyl groups is 1. The fourth-order valence-corrected chi connectivity index (χ4v) is 1.87. The summed E-state index contributed by atoms with van der Waals surface area (Å²) in [6.07, 6.45) is 1.93. The van der Waals surface area contributed by atoms with E-state index in [0.29, 0.717) is 24.2 Å². The molecule has 2 amide bonds. The number of benzene rings is 1. The molecule has 3 N–H and O–H groups in total. The molecular formula is C16H18N2O3. The third-order valence-corrected chi connectivity index (χ3v) is 3.13. The molecule has 5 heteroatoms. The second-order valence-electron chi connectivity index (χ2n) is 4.83. The van der Waals surface area contributed by atoms with E-state index >= 15 is 0 Å². The molecule has 0 bridgehead atoms. The highest BCUT2D eigenvalue weighted by Gasteiger charge is 2.28. The third kappa shape index (κ3) is 4.62. The smallest absolute Gasteiger partial charge is 0.252 e. The summed E-state index contributed by atoms with van der Waals surface area (Å²) in [5.74, 6) is 5.28. The molecule has 0 aromatic heterocycles. The van der Waals surface area contributed by atoms with Crippen molar-refractivity contribution in [3.63, 3.8) is 0 Å². The molecule has 0 atom stereocenters. The van der Waals surface area contributed by atoms with E-state index in [9.17, 15) is 9.59 Å². The lowest BCUT2D eigenvalue weighted by Gasteiger charge is -2.08. The van der Waals surface area contributed by atoms with Crippen LogP contribution in [0.15, 0.2) is 24.3 Å². The highest BCUT2D eigenvalue weighted by Crippen LogP contribution is 2.28. The highest BCUT2D eigenvalue weighted by molar-refractivity contribution is 5.96. The summed E-state index contributed by atoms with van der Waals surface area (Å²) in [7, 11) is 0.